The second-order valence-corrected chi connectivity index (χ2v) is 2.97. The molecule has 1 rings (SSSR count). The highest BCUT2D eigenvalue weighted by atomic mass is 16.6. The van der Waals surface area contributed by atoms with E-state index < -0.39 is 6.29 Å². The van der Waals surface area contributed by atoms with Crippen LogP contribution in [0, 0.1) is 0 Å². The molecule has 0 spiro atoms. The zero-order valence-corrected chi connectivity index (χ0v) is 8.77. The fourth-order valence-electron chi connectivity index (χ4n) is 1.15. The molecule has 0 aliphatic rings. The Kier molecular flexibility index (Phi) is 4.12. The second-order valence-electron chi connectivity index (χ2n) is 2.97. The summed E-state index contributed by atoms with van der Waals surface area (Å²) in [6, 6.07) is 4.81. The number of carbonyl (C=O) groups is 1. The molecule has 4 heteroatoms. The highest BCUT2D eigenvalue weighted by Crippen LogP contribution is 2.28. The molecule has 0 aromatic heterocycles. The SMILES string of the molecule is CCOc1ccc(C=O)cc1OC(C)O. The third-order valence-corrected chi connectivity index (χ3v) is 1.70. The topological polar surface area (TPSA) is 55.8 Å². The van der Waals surface area contributed by atoms with Crippen LogP contribution in [0.5, 0.6) is 11.5 Å². The number of rotatable bonds is 5. The van der Waals surface area contributed by atoms with Crippen LogP contribution in [0.3, 0.4) is 0 Å². The molecule has 4 nitrogen and oxygen atoms in total. The minimum Gasteiger partial charge on any atom is -0.490 e. The van der Waals surface area contributed by atoms with Gasteiger partial charge < -0.3 is 14.6 Å². The standard InChI is InChI=1S/C11H14O4/c1-3-14-10-5-4-9(7-12)6-11(10)15-8(2)13/h4-8,13H,3H2,1-2H3. The van der Waals surface area contributed by atoms with E-state index in [0.717, 1.165) is 0 Å². The number of aliphatic hydroxyl groups excluding tert-OH is 1. The van der Waals surface area contributed by atoms with E-state index in [9.17, 15) is 4.79 Å². The van der Waals surface area contributed by atoms with Crippen LogP contribution in [-0.4, -0.2) is 24.3 Å². The zero-order valence-electron chi connectivity index (χ0n) is 8.77. The Hall–Kier alpha value is -1.55. The van der Waals surface area contributed by atoms with E-state index in [1.165, 1.54) is 13.0 Å². The van der Waals surface area contributed by atoms with Gasteiger partial charge in [-0.25, -0.2) is 0 Å². The first kappa shape index (κ1) is 11.5. The second kappa shape index (κ2) is 5.36. The van der Waals surface area contributed by atoms with E-state index in [-0.39, 0.29) is 0 Å². The Morgan fingerprint density at radius 1 is 1.47 bits per heavy atom. The van der Waals surface area contributed by atoms with Gasteiger partial charge in [0.1, 0.15) is 6.29 Å². The van der Waals surface area contributed by atoms with Crippen LogP contribution in [0.1, 0.15) is 24.2 Å². The van der Waals surface area contributed by atoms with Gasteiger partial charge in [-0.3, -0.25) is 4.79 Å². The quantitative estimate of drug-likeness (QED) is 0.592. The van der Waals surface area contributed by atoms with E-state index >= 15 is 0 Å². The smallest absolute Gasteiger partial charge is 0.194 e. The summed E-state index contributed by atoms with van der Waals surface area (Å²) in [4.78, 5) is 10.6. The van der Waals surface area contributed by atoms with E-state index in [4.69, 9.17) is 14.6 Å². The van der Waals surface area contributed by atoms with Crippen molar-refractivity contribution in [2.75, 3.05) is 6.61 Å². The molecule has 1 aromatic carbocycles. The van der Waals surface area contributed by atoms with Crippen molar-refractivity contribution >= 4 is 6.29 Å². The van der Waals surface area contributed by atoms with Gasteiger partial charge in [-0.15, -0.1) is 0 Å². The molecule has 0 saturated carbocycles. The Morgan fingerprint density at radius 3 is 2.73 bits per heavy atom. The summed E-state index contributed by atoms with van der Waals surface area (Å²) in [6.45, 7) is 3.83. The van der Waals surface area contributed by atoms with Crippen LogP contribution >= 0.6 is 0 Å². The summed E-state index contributed by atoms with van der Waals surface area (Å²) in [5.41, 5.74) is 0.481. The maximum absolute atomic E-state index is 10.6. The summed E-state index contributed by atoms with van der Waals surface area (Å²) in [6.07, 6.45) is -0.226. The summed E-state index contributed by atoms with van der Waals surface area (Å²) in [5, 5.41) is 9.10. The lowest BCUT2D eigenvalue weighted by Gasteiger charge is -2.13. The van der Waals surface area contributed by atoms with Crippen molar-refractivity contribution in [2.45, 2.75) is 20.1 Å². The molecule has 1 N–H and O–H groups in total. The minimum atomic E-state index is -0.939. The summed E-state index contributed by atoms with van der Waals surface area (Å²) >= 11 is 0. The number of hydrogen-bond acceptors (Lipinski definition) is 4. The average molecular weight is 210 g/mol. The molecule has 1 unspecified atom stereocenters. The maximum atomic E-state index is 10.6. The van der Waals surface area contributed by atoms with Crippen molar-refractivity contribution in [2.24, 2.45) is 0 Å². The normalized spacial score (nSPS) is 11.9. The number of hydrogen-bond donors (Lipinski definition) is 1. The van der Waals surface area contributed by atoms with Crippen molar-refractivity contribution in [1.29, 1.82) is 0 Å². The lowest BCUT2D eigenvalue weighted by Crippen LogP contribution is -2.11. The third kappa shape index (κ3) is 3.25. The number of carbonyl (C=O) groups excluding carboxylic acids is 1. The van der Waals surface area contributed by atoms with Crippen LogP contribution in [-0.2, 0) is 0 Å². The number of aldehydes is 1. The van der Waals surface area contributed by atoms with Crippen LogP contribution in [0.15, 0.2) is 18.2 Å². The molecule has 0 heterocycles. The Bertz CT molecular complexity index is 333. The average Bonchev–Trinajstić information content (AvgIpc) is 2.20. The first-order chi connectivity index (χ1) is 7.17. The molecule has 1 atom stereocenters. The Balaban J connectivity index is 2.98. The van der Waals surface area contributed by atoms with Crippen LogP contribution in [0.25, 0.3) is 0 Å². The van der Waals surface area contributed by atoms with E-state index in [1.54, 1.807) is 12.1 Å². The lowest BCUT2D eigenvalue weighted by atomic mass is 10.2. The van der Waals surface area contributed by atoms with Crippen LogP contribution in [0.2, 0.25) is 0 Å². The van der Waals surface area contributed by atoms with Crippen molar-refractivity contribution in [3.8, 4) is 11.5 Å². The number of ether oxygens (including phenoxy) is 2. The summed E-state index contributed by atoms with van der Waals surface area (Å²) in [7, 11) is 0. The van der Waals surface area contributed by atoms with Gasteiger partial charge in [0.15, 0.2) is 17.8 Å². The zero-order chi connectivity index (χ0) is 11.3. The molecule has 0 bridgehead atoms. The molecular weight excluding hydrogens is 196 g/mol. The molecular formula is C11H14O4. The molecule has 15 heavy (non-hydrogen) atoms. The first-order valence-corrected chi connectivity index (χ1v) is 4.74. The summed E-state index contributed by atoms with van der Waals surface area (Å²) in [5.74, 6) is 0.889. The molecule has 0 fully saturated rings. The van der Waals surface area contributed by atoms with E-state index in [2.05, 4.69) is 0 Å². The lowest BCUT2D eigenvalue weighted by molar-refractivity contribution is -0.00244. The molecule has 0 aliphatic carbocycles. The highest BCUT2D eigenvalue weighted by Gasteiger charge is 2.08. The van der Waals surface area contributed by atoms with Gasteiger partial charge in [-0.05, 0) is 32.0 Å². The van der Waals surface area contributed by atoms with Gasteiger partial charge in [0.2, 0.25) is 0 Å². The highest BCUT2D eigenvalue weighted by molar-refractivity contribution is 5.76. The fourth-order valence-corrected chi connectivity index (χ4v) is 1.15. The Labute approximate surface area is 88.4 Å². The molecule has 0 radical (unpaired) electrons. The largest absolute Gasteiger partial charge is 0.490 e. The van der Waals surface area contributed by atoms with Crippen molar-refractivity contribution in [3.05, 3.63) is 23.8 Å². The van der Waals surface area contributed by atoms with E-state index in [1.807, 2.05) is 6.92 Å². The van der Waals surface area contributed by atoms with Gasteiger partial charge in [-0.1, -0.05) is 0 Å². The molecule has 1 aromatic rings. The first-order valence-electron chi connectivity index (χ1n) is 4.74. The number of aliphatic hydroxyl groups is 1. The van der Waals surface area contributed by atoms with Crippen LogP contribution in [0.4, 0.5) is 0 Å². The predicted octanol–water partition coefficient (Wildman–Crippen LogP) is 1.61. The number of benzene rings is 1. The molecule has 0 amide bonds. The van der Waals surface area contributed by atoms with Crippen molar-refractivity contribution < 1.29 is 19.4 Å². The van der Waals surface area contributed by atoms with Gasteiger partial charge in [-0.2, -0.15) is 0 Å². The van der Waals surface area contributed by atoms with Gasteiger partial charge in [0.25, 0.3) is 0 Å². The molecule has 0 aliphatic heterocycles. The molecule has 82 valence electrons. The Morgan fingerprint density at radius 2 is 2.20 bits per heavy atom. The third-order valence-electron chi connectivity index (χ3n) is 1.70. The minimum absolute atomic E-state index is 0.372. The van der Waals surface area contributed by atoms with Crippen molar-refractivity contribution in [3.63, 3.8) is 0 Å². The van der Waals surface area contributed by atoms with E-state index in [0.29, 0.717) is 30.0 Å². The van der Waals surface area contributed by atoms with Crippen LogP contribution < -0.4 is 9.47 Å². The van der Waals surface area contributed by atoms with Gasteiger partial charge in [0.05, 0.1) is 6.61 Å². The fraction of sp³-hybridized carbons (Fsp3) is 0.364. The predicted molar refractivity (Wildman–Crippen MR) is 55.3 cm³/mol. The van der Waals surface area contributed by atoms with Gasteiger partial charge >= 0.3 is 0 Å². The van der Waals surface area contributed by atoms with Gasteiger partial charge in [0, 0.05) is 5.56 Å². The maximum Gasteiger partial charge on any atom is 0.194 e. The monoisotopic (exact) mass is 210 g/mol. The van der Waals surface area contributed by atoms with Crippen molar-refractivity contribution in [1.82, 2.24) is 0 Å². The summed E-state index contributed by atoms with van der Waals surface area (Å²) < 4.78 is 10.4. The molecule has 0 saturated heterocycles.